The molecule has 1 radical (unpaired) electrons. The molecular weight excluding hydrogens is 146 g/mol. The lowest BCUT2D eigenvalue weighted by Crippen LogP contribution is -2.37. The van der Waals surface area contributed by atoms with Gasteiger partial charge in [-0.1, -0.05) is 6.92 Å². The van der Waals surface area contributed by atoms with Crippen LogP contribution in [0.15, 0.2) is 0 Å². The molecule has 0 aliphatic heterocycles. The maximum atomic E-state index is 3.85. The minimum Gasteiger partial charge on any atom is -0.299 e. The fourth-order valence-electron chi connectivity index (χ4n) is 1.30. The average Bonchev–Trinajstić information content (AvgIpc) is 1.81. The molecule has 0 saturated carbocycles. The van der Waals surface area contributed by atoms with Crippen molar-refractivity contribution in [3.05, 3.63) is 6.92 Å². The molecule has 0 atom stereocenters. The normalized spacial score (nSPS) is 10.9. The number of rotatable bonds is 4. The standard InChI is InChI=1S/C9H20N.Mg.2H/c1-6-7-10(8(2)3)9(4)5;;;/h8-9H,1,6-7H2,2-5H3;;;. The lowest BCUT2D eigenvalue weighted by molar-refractivity contribution is 0.178. The summed E-state index contributed by atoms with van der Waals surface area (Å²) >= 11 is 0. The molecule has 0 aromatic heterocycles. The van der Waals surface area contributed by atoms with Crippen molar-refractivity contribution in [2.24, 2.45) is 0 Å². The molecule has 0 aromatic rings. The fraction of sp³-hybridized carbons (Fsp3) is 0.889. The van der Waals surface area contributed by atoms with E-state index in [1.54, 1.807) is 0 Å². The molecular formula is C9H22MgN. The van der Waals surface area contributed by atoms with Gasteiger partial charge in [-0.25, -0.2) is 0 Å². The second-order valence-corrected chi connectivity index (χ2v) is 3.28. The van der Waals surface area contributed by atoms with Crippen LogP contribution in [0.2, 0.25) is 0 Å². The Morgan fingerprint density at radius 2 is 1.45 bits per heavy atom. The van der Waals surface area contributed by atoms with Crippen LogP contribution < -0.4 is 0 Å². The maximum Gasteiger partial charge on any atom is 0.316 e. The van der Waals surface area contributed by atoms with E-state index in [0.29, 0.717) is 12.1 Å². The highest BCUT2D eigenvalue weighted by Crippen LogP contribution is 2.04. The van der Waals surface area contributed by atoms with Gasteiger partial charge in [0, 0.05) is 12.1 Å². The molecule has 0 rings (SSSR count). The third-order valence-corrected chi connectivity index (χ3v) is 1.74. The predicted molar refractivity (Wildman–Crippen MR) is 55.5 cm³/mol. The van der Waals surface area contributed by atoms with Crippen LogP contribution in [0.25, 0.3) is 0 Å². The Hall–Kier alpha value is 0.726. The first kappa shape index (κ1) is 14.3. The van der Waals surface area contributed by atoms with Gasteiger partial charge in [0.05, 0.1) is 0 Å². The van der Waals surface area contributed by atoms with Crippen LogP contribution in [0.5, 0.6) is 0 Å². The molecule has 0 saturated heterocycles. The molecule has 0 fully saturated rings. The van der Waals surface area contributed by atoms with E-state index in [0.717, 1.165) is 13.0 Å². The van der Waals surface area contributed by atoms with Crippen molar-refractivity contribution >= 4 is 23.1 Å². The minimum absolute atomic E-state index is 0. The first-order valence-corrected chi connectivity index (χ1v) is 4.14. The van der Waals surface area contributed by atoms with Crippen LogP contribution in [0.3, 0.4) is 0 Å². The smallest absolute Gasteiger partial charge is 0.299 e. The summed E-state index contributed by atoms with van der Waals surface area (Å²) in [5, 5.41) is 0. The number of nitrogens with zero attached hydrogens (tertiary/aromatic N) is 1. The van der Waals surface area contributed by atoms with Gasteiger partial charge in [-0.15, -0.1) is 0 Å². The van der Waals surface area contributed by atoms with Gasteiger partial charge in [-0.2, -0.15) is 0 Å². The Morgan fingerprint density at radius 1 is 1.09 bits per heavy atom. The minimum atomic E-state index is 0. The second-order valence-electron chi connectivity index (χ2n) is 3.28. The largest absolute Gasteiger partial charge is 0.316 e. The quantitative estimate of drug-likeness (QED) is 0.574. The summed E-state index contributed by atoms with van der Waals surface area (Å²) in [6.07, 6.45) is 1.01. The van der Waals surface area contributed by atoms with Gasteiger partial charge in [0.15, 0.2) is 0 Å². The van der Waals surface area contributed by atoms with Gasteiger partial charge in [-0.3, -0.25) is 4.90 Å². The van der Waals surface area contributed by atoms with Crippen LogP contribution in [0, 0.1) is 6.92 Å². The Labute approximate surface area is 87.7 Å². The summed E-state index contributed by atoms with van der Waals surface area (Å²) in [6, 6.07) is 1.31. The van der Waals surface area contributed by atoms with Crippen LogP contribution in [0.4, 0.5) is 0 Å². The Balaban J connectivity index is 0. The summed E-state index contributed by atoms with van der Waals surface area (Å²) < 4.78 is 0. The van der Waals surface area contributed by atoms with E-state index in [4.69, 9.17) is 0 Å². The zero-order valence-electron chi connectivity index (χ0n) is 7.72. The topological polar surface area (TPSA) is 3.24 Å². The lowest BCUT2D eigenvalue weighted by Gasteiger charge is -2.29. The van der Waals surface area contributed by atoms with Crippen molar-refractivity contribution in [2.45, 2.75) is 46.2 Å². The number of hydrogen-bond donors (Lipinski definition) is 0. The molecule has 0 aliphatic carbocycles. The molecule has 65 valence electrons. The van der Waals surface area contributed by atoms with E-state index < -0.39 is 0 Å². The van der Waals surface area contributed by atoms with Gasteiger partial charge in [0.25, 0.3) is 0 Å². The first-order valence-electron chi connectivity index (χ1n) is 4.14. The van der Waals surface area contributed by atoms with Crippen molar-refractivity contribution in [2.75, 3.05) is 6.54 Å². The SMILES string of the molecule is [CH2]CCN(C(C)C)C(C)C.[MgH2]. The molecule has 0 aromatic carbocycles. The summed E-state index contributed by atoms with van der Waals surface area (Å²) in [4.78, 5) is 2.45. The van der Waals surface area contributed by atoms with Gasteiger partial charge in [0.1, 0.15) is 0 Å². The molecule has 0 amide bonds. The zero-order chi connectivity index (χ0) is 8.15. The third kappa shape index (κ3) is 5.94. The van der Waals surface area contributed by atoms with Crippen molar-refractivity contribution in [3.8, 4) is 0 Å². The lowest BCUT2D eigenvalue weighted by atomic mass is 10.2. The van der Waals surface area contributed by atoms with Crippen LogP contribution in [-0.4, -0.2) is 46.6 Å². The summed E-state index contributed by atoms with van der Waals surface area (Å²) in [5.74, 6) is 0. The monoisotopic (exact) mass is 168 g/mol. The molecule has 0 unspecified atom stereocenters. The molecule has 2 heteroatoms. The highest BCUT2D eigenvalue weighted by atomic mass is 24.3. The summed E-state index contributed by atoms with van der Waals surface area (Å²) in [7, 11) is 0. The Bertz CT molecular complexity index is 73.6. The molecule has 11 heavy (non-hydrogen) atoms. The third-order valence-electron chi connectivity index (χ3n) is 1.74. The number of hydrogen-bond acceptors (Lipinski definition) is 1. The van der Waals surface area contributed by atoms with E-state index in [1.807, 2.05) is 0 Å². The van der Waals surface area contributed by atoms with E-state index in [1.165, 1.54) is 0 Å². The van der Waals surface area contributed by atoms with Gasteiger partial charge in [0.2, 0.25) is 0 Å². The van der Waals surface area contributed by atoms with E-state index in [-0.39, 0.29) is 23.1 Å². The van der Waals surface area contributed by atoms with E-state index in [2.05, 4.69) is 39.5 Å². The van der Waals surface area contributed by atoms with Gasteiger partial charge >= 0.3 is 23.1 Å². The van der Waals surface area contributed by atoms with Crippen LogP contribution in [-0.2, 0) is 0 Å². The molecule has 0 spiro atoms. The highest BCUT2D eigenvalue weighted by Gasteiger charge is 2.10. The summed E-state index contributed by atoms with van der Waals surface area (Å²) in [5.41, 5.74) is 0. The van der Waals surface area contributed by atoms with Crippen LogP contribution in [0.1, 0.15) is 34.1 Å². The maximum absolute atomic E-state index is 3.85. The van der Waals surface area contributed by atoms with Crippen molar-refractivity contribution in [3.63, 3.8) is 0 Å². The molecule has 0 aliphatic rings. The van der Waals surface area contributed by atoms with Crippen molar-refractivity contribution in [1.29, 1.82) is 0 Å². The Morgan fingerprint density at radius 3 is 1.55 bits per heavy atom. The van der Waals surface area contributed by atoms with Crippen molar-refractivity contribution < 1.29 is 0 Å². The van der Waals surface area contributed by atoms with Crippen LogP contribution >= 0.6 is 0 Å². The van der Waals surface area contributed by atoms with E-state index >= 15 is 0 Å². The van der Waals surface area contributed by atoms with Gasteiger partial charge in [-0.05, 0) is 40.7 Å². The predicted octanol–water partition coefficient (Wildman–Crippen LogP) is 1.41. The molecule has 0 heterocycles. The summed E-state index contributed by atoms with van der Waals surface area (Å²) in [6.45, 7) is 13.9. The van der Waals surface area contributed by atoms with E-state index in [9.17, 15) is 0 Å². The zero-order valence-corrected chi connectivity index (χ0v) is 7.72. The fourth-order valence-corrected chi connectivity index (χ4v) is 1.30. The second kappa shape index (κ2) is 7.38. The van der Waals surface area contributed by atoms with Crippen molar-refractivity contribution in [1.82, 2.24) is 4.90 Å². The van der Waals surface area contributed by atoms with Gasteiger partial charge < -0.3 is 0 Å². The Kier molecular flexibility index (Phi) is 9.57. The first-order chi connectivity index (χ1) is 4.59. The molecule has 1 nitrogen and oxygen atoms in total. The average molecular weight is 169 g/mol. The molecule has 0 N–H and O–H groups in total. The molecule has 0 bridgehead atoms. The highest BCUT2D eigenvalue weighted by molar-refractivity contribution is 5.75.